The molecule has 0 N–H and O–H groups in total. The molecule has 0 spiro atoms. The molecule has 0 aliphatic carbocycles. The summed E-state index contributed by atoms with van der Waals surface area (Å²) in [6, 6.07) is 18.1. The number of aromatic nitrogens is 2. The molecule has 0 fully saturated rings. The molecule has 3 heteroatoms. The molecule has 1 radical (unpaired) electrons. The number of benzene rings is 2. The van der Waals surface area contributed by atoms with Crippen molar-refractivity contribution < 1.29 is 20.1 Å². The van der Waals surface area contributed by atoms with Crippen LogP contribution in [0.1, 0.15) is 26.3 Å². The average Bonchev–Trinajstić information content (AvgIpc) is 2.84. The van der Waals surface area contributed by atoms with Gasteiger partial charge in [0.1, 0.15) is 0 Å². The molecule has 4 aromatic rings. The van der Waals surface area contributed by atoms with Crippen LogP contribution in [-0.2, 0) is 25.5 Å². The number of fused-ring (bicyclic) bond motifs is 5. The zero-order chi connectivity index (χ0) is 14.6. The van der Waals surface area contributed by atoms with Gasteiger partial charge in [0.15, 0.2) is 0 Å². The van der Waals surface area contributed by atoms with Crippen LogP contribution < -0.4 is 0 Å². The van der Waals surface area contributed by atoms with E-state index < -0.39 is 0 Å². The quantitative estimate of drug-likeness (QED) is 0.343. The van der Waals surface area contributed by atoms with Gasteiger partial charge in [0, 0.05) is 20.1 Å². The minimum Gasteiger partial charge on any atom is -0.341 e. The Labute approximate surface area is 143 Å². The molecule has 0 atom stereocenters. The van der Waals surface area contributed by atoms with E-state index in [9.17, 15) is 0 Å². The first-order chi connectivity index (χ1) is 10.0. The van der Waals surface area contributed by atoms with Crippen LogP contribution in [0.15, 0.2) is 48.7 Å². The first-order valence-corrected chi connectivity index (χ1v) is 7.26. The second-order valence-electron chi connectivity index (χ2n) is 6.58. The van der Waals surface area contributed by atoms with Crippen LogP contribution in [0.5, 0.6) is 0 Å². The van der Waals surface area contributed by atoms with Crippen molar-refractivity contribution in [3.8, 4) is 0 Å². The summed E-state index contributed by atoms with van der Waals surface area (Å²) in [4.78, 5) is 4.80. The maximum Gasteiger partial charge on any atom is 0.0774 e. The summed E-state index contributed by atoms with van der Waals surface area (Å²) in [5.74, 6) is 0. The summed E-state index contributed by atoms with van der Waals surface area (Å²) >= 11 is 0. The fraction of sp³-hybridized carbons (Fsp3) is 0.211. The van der Waals surface area contributed by atoms with E-state index in [1.54, 1.807) is 0 Å². The molecule has 4 rings (SSSR count). The standard InChI is InChI=1S/C19H17N2.Ir/c1-19(2,3)14-8-9-16-17(12-14)21-11-10-13-6-4-5-7-15(13)18(21)20-16;/h4-6,8-12H,1-3H3;/q-1;. The monoisotopic (exact) mass is 466 g/mol. The molecular weight excluding hydrogens is 448 g/mol. The summed E-state index contributed by atoms with van der Waals surface area (Å²) < 4.78 is 2.17. The number of pyridine rings is 1. The number of rotatable bonds is 0. The Morgan fingerprint density at radius 1 is 1.09 bits per heavy atom. The Kier molecular flexibility index (Phi) is 3.58. The zero-order valence-corrected chi connectivity index (χ0v) is 15.2. The van der Waals surface area contributed by atoms with Crippen LogP contribution in [0, 0.1) is 6.07 Å². The van der Waals surface area contributed by atoms with Gasteiger partial charge in [-0.3, -0.25) is 4.98 Å². The van der Waals surface area contributed by atoms with Crippen molar-refractivity contribution in [2.75, 3.05) is 0 Å². The largest absolute Gasteiger partial charge is 0.341 e. The van der Waals surface area contributed by atoms with Crippen LogP contribution in [-0.4, -0.2) is 9.38 Å². The van der Waals surface area contributed by atoms with Gasteiger partial charge in [-0.25, -0.2) is 0 Å². The number of imidazole rings is 1. The molecule has 0 aliphatic rings. The first kappa shape index (κ1) is 15.2. The Bertz CT molecular complexity index is 977. The Morgan fingerprint density at radius 2 is 1.91 bits per heavy atom. The van der Waals surface area contributed by atoms with Crippen LogP contribution in [0.4, 0.5) is 0 Å². The smallest absolute Gasteiger partial charge is 0.0774 e. The number of hydrogen-bond donors (Lipinski definition) is 0. The van der Waals surface area contributed by atoms with Gasteiger partial charge in [-0.05, 0) is 29.3 Å². The van der Waals surface area contributed by atoms with Gasteiger partial charge in [-0.1, -0.05) is 32.9 Å². The van der Waals surface area contributed by atoms with E-state index in [1.807, 2.05) is 12.1 Å². The second kappa shape index (κ2) is 5.19. The molecule has 0 bridgehead atoms. The van der Waals surface area contributed by atoms with E-state index in [2.05, 4.69) is 67.8 Å². The Morgan fingerprint density at radius 3 is 2.68 bits per heavy atom. The normalized spacial score (nSPS) is 12.0. The van der Waals surface area contributed by atoms with Crippen molar-refractivity contribution in [1.29, 1.82) is 0 Å². The van der Waals surface area contributed by atoms with Crippen LogP contribution >= 0.6 is 0 Å². The molecule has 0 saturated carbocycles. The molecule has 2 heterocycles. The topological polar surface area (TPSA) is 17.3 Å². The zero-order valence-electron chi connectivity index (χ0n) is 12.8. The van der Waals surface area contributed by atoms with Gasteiger partial charge in [0.25, 0.3) is 0 Å². The van der Waals surface area contributed by atoms with E-state index >= 15 is 0 Å². The fourth-order valence-corrected chi connectivity index (χ4v) is 2.82. The van der Waals surface area contributed by atoms with Gasteiger partial charge in [-0.15, -0.1) is 35.0 Å². The predicted molar refractivity (Wildman–Crippen MR) is 87.7 cm³/mol. The molecule has 2 aromatic heterocycles. The number of nitrogens with zero attached hydrogens (tertiary/aromatic N) is 2. The van der Waals surface area contributed by atoms with Crippen LogP contribution in [0.2, 0.25) is 0 Å². The van der Waals surface area contributed by atoms with E-state index in [1.165, 1.54) is 10.9 Å². The third kappa shape index (κ3) is 2.25. The van der Waals surface area contributed by atoms with Crippen LogP contribution in [0.25, 0.3) is 27.5 Å². The van der Waals surface area contributed by atoms with E-state index in [0.29, 0.717) is 0 Å². The van der Waals surface area contributed by atoms with Crippen molar-refractivity contribution >= 4 is 27.5 Å². The number of hydrogen-bond acceptors (Lipinski definition) is 1. The third-order valence-corrected chi connectivity index (χ3v) is 4.07. The average molecular weight is 466 g/mol. The maximum absolute atomic E-state index is 4.80. The molecular formula is C19H17IrN2-. The minimum absolute atomic E-state index is 0. The van der Waals surface area contributed by atoms with E-state index in [-0.39, 0.29) is 25.5 Å². The van der Waals surface area contributed by atoms with Crippen molar-refractivity contribution in [1.82, 2.24) is 9.38 Å². The Hall–Kier alpha value is -1.70. The van der Waals surface area contributed by atoms with Crippen molar-refractivity contribution in [2.45, 2.75) is 26.2 Å². The van der Waals surface area contributed by atoms with Gasteiger partial charge >= 0.3 is 0 Å². The first-order valence-electron chi connectivity index (χ1n) is 7.26. The van der Waals surface area contributed by atoms with Gasteiger partial charge in [-0.2, -0.15) is 0 Å². The van der Waals surface area contributed by atoms with Crippen LogP contribution in [0.3, 0.4) is 0 Å². The summed E-state index contributed by atoms with van der Waals surface area (Å²) in [6.07, 6.45) is 2.10. The molecule has 0 saturated heterocycles. The van der Waals surface area contributed by atoms with Gasteiger partial charge in [0.2, 0.25) is 0 Å². The van der Waals surface area contributed by atoms with Crippen molar-refractivity contribution in [2.24, 2.45) is 0 Å². The molecule has 2 nitrogen and oxygen atoms in total. The molecule has 113 valence electrons. The fourth-order valence-electron chi connectivity index (χ4n) is 2.82. The predicted octanol–water partition coefficient (Wildman–Crippen LogP) is 4.74. The molecule has 22 heavy (non-hydrogen) atoms. The summed E-state index contributed by atoms with van der Waals surface area (Å²) in [5.41, 5.74) is 4.65. The molecule has 0 aliphatic heterocycles. The molecule has 0 unspecified atom stereocenters. The summed E-state index contributed by atoms with van der Waals surface area (Å²) in [7, 11) is 0. The van der Waals surface area contributed by atoms with Gasteiger partial charge < -0.3 is 4.40 Å². The maximum atomic E-state index is 4.80. The molecule has 2 aromatic carbocycles. The SMILES string of the molecule is CC(C)(C)c1ccc2nc3c4[c-]cccc4ccn3c2c1.[Ir]. The summed E-state index contributed by atoms with van der Waals surface area (Å²) in [5, 5.41) is 2.25. The van der Waals surface area contributed by atoms with E-state index in [0.717, 1.165) is 22.1 Å². The van der Waals surface area contributed by atoms with E-state index in [4.69, 9.17) is 4.98 Å². The van der Waals surface area contributed by atoms with Crippen molar-refractivity contribution in [3.05, 3.63) is 60.3 Å². The Balaban J connectivity index is 0.00000144. The second-order valence-corrected chi connectivity index (χ2v) is 6.58. The van der Waals surface area contributed by atoms with Gasteiger partial charge in [0.05, 0.1) is 16.7 Å². The molecule has 0 amide bonds. The summed E-state index contributed by atoms with van der Waals surface area (Å²) in [6.45, 7) is 6.71. The van der Waals surface area contributed by atoms with Crippen molar-refractivity contribution in [3.63, 3.8) is 0 Å². The minimum atomic E-state index is 0. The third-order valence-electron chi connectivity index (χ3n) is 4.07.